The molecule has 17 heavy (non-hydrogen) atoms. The topological polar surface area (TPSA) is 40.8 Å². The first-order chi connectivity index (χ1) is 8.19. The van der Waals surface area contributed by atoms with Crippen LogP contribution in [0.15, 0.2) is 24.4 Å². The van der Waals surface area contributed by atoms with Crippen molar-refractivity contribution in [2.24, 2.45) is 7.05 Å². The molecule has 3 nitrogen and oxygen atoms in total. The van der Waals surface area contributed by atoms with Crippen LogP contribution in [0.2, 0.25) is 4.34 Å². The van der Waals surface area contributed by atoms with E-state index in [0.29, 0.717) is 5.69 Å². The zero-order valence-corrected chi connectivity index (χ0v) is 11.0. The molecular formula is C12H12ClN3S. The maximum absolute atomic E-state index is 8.83. The van der Waals surface area contributed by atoms with Crippen LogP contribution < -0.4 is 5.32 Å². The molecule has 2 aromatic heterocycles. The van der Waals surface area contributed by atoms with E-state index in [9.17, 15) is 0 Å². The Bertz CT molecular complexity index is 550. The number of rotatable bonds is 4. The molecule has 0 saturated carbocycles. The van der Waals surface area contributed by atoms with Crippen molar-refractivity contribution in [1.29, 1.82) is 5.26 Å². The molecule has 0 aliphatic carbocycles. The summed E-state index contributed by atoms with van der Waals surface area (Å²) in [4.78, 5) is 1.21. The number of nitriles is 1. The van der Waals surface area contributed by atoms with Crippen molar-refractivity contribution in [1.82, 2.24) is 9.88 Å². The van der Waals surface area contributed by atoms with E-state index in [0.717, 1.165) is 23.0 Å². The van der Waals surface area contributed by atoms with Crippen LogP contribution in [0.3, 0.4) is 0 Å². The Kier molecular flexibility index (Phi) is 3.85. The fraction of sp³-hybridized carbons (Fsp3) is 0.250. The van der Waals surface area contributed by atoms with E-state index in [-0.39, 0.29) is 0 Å². The fourth-order valence-electron chi connectivity index (χ4n) is 1.62. The Morgan fingerprint density at radius 3 is 2.88 bits per heavy atom. The predicted molar refractivity (Wildman–Crippen MR) is 70.0 cm³/mol. The standard InChI is InChI=1S/C12H12ClN3S/c1-16-8-9(4-10(16)5-14)6-15-7-11-2-3-12(13)17-11/h2-4,8,15H,6-7H2,1H3. The monoisotopic (exact) mass is 265 g/mol. The molecular weight excluding hydrogens is 254 g/mol. The van der Waals surface area contributed by atoms with Gasteiger partial charge in [-0.05, 0) is 23.8 Å². The van der Waals surface area contributed by atoms with E-state index in [2.05, 4.69) is 11.4 Å². The number of aryl methyl sites for hydroxylation is 1. The van der Waals surface area contributed by atoms with Crippen LogP contribution in [0.4, 0.5) is 0 Å². The SMILES string of the molecule is Cn1cc(CNCc2ccc(Cl)s2)cc1C#N. The minimum Gasteiger partial charge on any atom is -0.342 e. The molecule has 0 radical (unpaired) electrons. The lowest BCUT2D eigenvalue weighted by atomic mass is 10.3. The summed E-state index contributed by atoms with van der Waals surface area (Å²) in [6.07, 6.45) is 1.97. The van der Waals surface area contributed by atoms with Gasteiger partial charge < -0.3 is 9.88 Å². The molecule has 2 heterocycles. The Morgan fingerprint density at radius 2 is 2.29 bits per heavy atom. The Balaban J connectivity index is 1.88. The third-order valence-electron chi connectivity index (χ3n) is 2.43. The number of aromatic nitrogens is 1. The molecule has 0 aliphatic rings. The molecule has 0 saturated heterocycles. The van der Waals surface area contributed by atoms with Gasteiger partial charge in [0.1, 0.15) is 11.8 Å². The van der Waals surface area contributed by atoms with Crippen LogP contribution in [0.5, 0.6) is 0 Å². The first kappa shape index (κ1) is 12.2. The second-order valence-electron chi connectivity index (χ2n) is 3.77. The first-order valence-electron chi connectivity index (χ1n) is 5.19. The number of halogens is 1. The summed E-state index contributed by atoms with van der Waals surface area (Å²) in [7, 11) is 1.88. The summed E-state index contributed by atoms with van der Waals surface area (Å²) in [5.41, 5.74) is 1.80. The molecule has 0 amide bonds. The van der Waals surface area contributed by atoms with Crippen molar-refractivity contribution in [2.75, 3.05) is 0 Å². The molecule has 0 atom stereocenters. The number of hydrogen-bond acceptors (Lipinski definition) is 3. The Hall–Kier alpha value is -1.28. The molecule has 0 spiro atoms. The van der Waals surface area contributed by atoms with Crippen LogP contribution in [-0.4, -0.2) is 4.57 Å². The molecule has 0 aliphatic heterocycles. The van der Waals surface area contributed by atoms with Crippen molar-refractivity contribution in [3.05, 3.63) is 44.9 Å². The van der Waals surface area contributed by atoms with Gasteiger partial charge in [-0.25, -0.2) is 0 Å². The summed E-state index contributed by atoms with van der Waals surface area (Å²) in [6, 6.07) is 7.97. The van der Waals surface area contributed by atoms with E-state index in [1.165, 1.54) is 4.88 Å². The van der Waals surface area contributed by atoms with Crippen molar-refractivity contribution >= 4 is 22.9 Å². The smallest absolute Gasteiger partial charge is 0.120 e. The fourth-order valence-corrected chi connectivity index (χ4v) is 2.67. The van der Waals surface area contributed by atoms with Gasteiger partial charge in [0, 0.05) is 31.2 Å². The molecule has 2 rings (SSSR count). The lowest BCUT2D eigenvalue weighted by Crippen LogP contribution is -2.11. The first-order valence-corrected chi connectivity index (χ1v) is 6.39. The van der Waals surface area contributed by atoms with Crippen molar-refractivity contribution in [3.8, 4) is 6.07 Å². The number of hydrogen-bond donors (Lipinski definition) is 1. The number of nitrogens with zero attached hydrogens (tertiary/aromatic N) is 2. The maximum atomic E-state index is 8.83. The van der Waals surface area contributed by atoms with Gasteiger partial charge in [0.15, 0.2) is 0 Å². The Labute approximate surface area is 109 Å². The predicted octanol–water partition coefficient (Wildman–Crippen LogP) is 2.90. The second kappa shape index (κ2) is 5.37. The normalized spacial score (nSPS) is 10.4. The van der Waals surface area contributed by atoms with E-state index in [1.807, 2.05) is 36.0 Å². The van der Waals surface area contributed by atoms with Crippen molar-refractivity contribution in [3.63, 3.8) is 0 Å². The average molecular weight is 266 g/mol. The minimum absolute atomic E-state index is 0.681. The van der Waals surface area contributed by atoms with Gasteiger partial charge in [-0.15, -0.1) is 11.3 Å². The maximum Gasteiger partial charge on any atom is 0.120 e. The van der Waals surface area contributed by atoms with Gasteiger partial charge in [0.2, 0.25) is 0 Å². The van der Waals surface area contributed by atoms with Gasteiger partial charge in [-0.3, -0.25) is 0 Å². The molecule has 0 aromatic carbocycles. The third-order valence-corrected chi connectivity index (χ3v) is 3.66. The molecule has 1 N–H and O–H groups in total. The molecule has 5 heteroatoms. The summed E-state index contributed by atoms with van der Waals surface area (Å²) in [6.45, 7) is 1.55. The molecule has 0 fully saturated rings. The van der Waals surface area contributed by atoms with Crippen LogP contribution in [0, 0.1) is 11.3 Å². The lowest BCUT2D eigenvalue weighted by Gasteiger charge is -2.00. The van der Waals surface area contributed by atoms with E-state index < -0.39 is 0 Å². The van der Waals surface area contributed by atoms with Crippen LogP contribution in [0.25, 0.3) is 0 Å². The highest BCUT2D eigenvalue weighted by atomic mass is 35.5. The van der Waals surface area contributed by atoms with Crippen LogP contribution in [-0.2, 0) is 20.1 Å². The van der Waals surface area contributed by atoms with Gasteiger partial charge in [0.25, 0.3) is 0 Å². The Morgan fingerprint density at radius 1 is 1.47 bits per heavy atom. The lowest BCUT2D eigenvalue weighted by molar-refractivity contribution is 0.699. The summed E-state index contributed by atoms with van der Waals surface area (Å²) in [5.74, 6) is 0. The largest absolute Gasteiger partial charge is 0.342 e. The van der Waals surface area contributed by atoms with Gasteiger partial charge in [-0.2, -0.15) is 5.26 Å². The summed E-state index contributed by atoms with van der Waals surface area (Å²) < 4.78 is 2.65. The molecule has 0 bridgehead atoms. The second-order valence-corrected chi connectivity index (χ2v) is 5.57. The van der Waals surface area contributed by atoms with Crippen LogP contribution >= 0.6 is 22.9 Å². The van der Waals surface area contributed by atoms with Gasteiger partial charge in [0.05, 0.1) is 4.34 Å². The van der Waals surface area contributed by atoms with E-state index >= 15 is 0 Å². The highest BCUT2D eigenvalue weighted by Crippen LogP contribution is 2.21. The van der Waals surface area contributed by atoms with Gasteiger partial charge >= 0.3 is 0 Å². The highest BCUT2D eigenvalue weighted by molar-refractivity contribution is 7.16. The van der Waals surface area contributed by atoms with Gasteiger partial charge in [-0.1, -0.05) is 11.6 Å². The molecule has 88 valence electrons. The van der Waals surface area contributed by atoms with Crippen molar-refractivity contribution in [2.45, 2.75) is 13.1 Å². The minimum atomic E-state index is 0.681. The summed E-state index contributed by atoms with van der Waals surface area (Å²) in [5, 5.41) is 12.2. The van der Waals surface area contributed by atoms with Crippen molar-refractivity contribution < 1.29 is 0 Å². The van der Waals surface area contributed by atoms with Crippen LogP contribution in [0.1, 0.15) is 16.1 Å². The zero-order valence-electron chi connectivity index (χ0n) is 9.40. The average Bonchev–Trinajstić information content (AvgIpc) is 2.85. The highest BCUT2D eigenvalue weighted by Gasteiger charge is 2.02. The summed E-state index contributed by atoms with van der Waals surface area (Å²) >= 11 is 7.43. The number of nitrogens with one attached hydrogen (secondary N) is 1. The van der Waals surface area contributed by atoms with E-state index in [4.69, 9.17) is 16.9 Å². The van der Waals surface area contributed by atoms with E-state index in [1.54, 1.807) is 11.3 Å². The molecule has 2 aromatic rings. The number of thiophene rings is 1. The third kappa shape index (κ3) is 3.10. The quantitative estimate of drug-likeness (QED) is 0.923. The zero-order chi connectivity index (χ0) is 12.3. The molecule has 0 unspecified atom stereocenters.